The van der Waals surface area contributed by atoms with Crippen molar-refractivity contribution in [1.82, 2.24) is 20.1 Å². The number of β-amino-alcohol motifs (C(OH)–C–C–N with tert-alkyl or cyclic N) is 1. The quantitative estimate of drug-likeness (QED) is 0.671. The van der Waals surface area contributed by atoms with Crippen LogP contribution in [0.1, 0.15) is 29.8 Å². The zero-order chi connectivity index (χ0) is 21.8. The molecule has 1 aromatic carbocycles. The number of aromatic nitrogens is 1. The highest BCUT2D eigenvalue weighted by Gasteiger charge is 2.41. The first-order chi connectivity index (χ1) is 15.1. The lowest BCUT2D eigenvalue weighted by molar-refractivity contribution is -0.126. The first-order valence-corrected chi connectivity index (χ1v) is 10.9. The Balaban J connectivity index is 1.36. The van der Waals surface area contributed by atoms with Gasteiger partial charge in [-0.05, 0) is 31.4 Å². The molecule has 2 aliphatic rings. The lowest BCUT2D eigenvalue weighted by atomic mass is 10.0. The van der Waals surface area contributed by atoms with E-state index in [1.54, 1.807) is 13.2 Å². The molecule has 3 heterocycles. The van der Waals surface area contributed by atoms with E-state index in [1.807, 2.05) is 35.2 Å². The minimum Gasteiger partial charge on any atom is -0.392 e. The van der Waals surface area contributed by atoms with Gasteiger partial charge in [0.25, 0.3) is 5.91 Å². The lowest BCUT2D eigenvalue weighted by Gasteiger charge is -2.38. The van der Waals surface area contributed by atoms with Gasteiger partial charge in [-0.15, -0.1) is 0 Å². The number of carbonyl (C=O) groups is 2. The zero-order valence-electron chi connectivity index (χ0n) is 17.9. The molecule has 2 fully saturated rings. The summed E-state index contributed by atoms with van der Waals surface area (Å²) in [6, 6.07) is 11.3. The summed E-state index contributed by atoms with van der Waals surface area (Å²) in [6.45, 7) is 2.64. The van der Waals surface area contributed by atoms with Gasteiger partial charge in [-0.25, -0.2) is 4.98 Å². The second-order valence-corrected chi connectivity index (χ2v) is 8.30. The summed E-state index contributed by atoms with van der Waals surface area (Å²) in [5.74, 6) is -0.119. The molecule has 4 rings (SSSR count). The van der Waals surface area contributed by atoms with Gasteiger partial charge in [0.15, 0.2) is 0 Å². The number of nitrogens with zero attached hydrogens (tertiary/aromatic N) is 3. The van der Waals surface area contributed by atoms with Gasteiger partial charge in [0.1, 0.15) is 5.69 Å². The van der Waals surface area contributed by atoms with Crippen LogP contribution in [-0.2, 0) is 9.53 Å². The zero-order valence-corrected chi connectivity index (χ0v) is 17.9. The van der Waals surface area contributed by atoms with E-state index in [4.69, 9.17) is 4.74 Å². The third-order valence-electron chi connectivity index (χ3n) is 6.26. The summed E-state index contributed by atoms with van der Waals surface area (Å²) in [7, 11) is 1.60. The number of aliphatic hydroxyl groups excluding tert-OH is 1. The van der Waals surface area contributed by atoms with Crippen LogP contribution in [0.15, 0.2) is 36.4 Å². The molecular weight excluding hydrogens is 396 g/mol. The molecule has 8 heteroatoms. The van der Waals surface area contributed by atoms with Crippen molar-refractivity contribution < 1.29 is 19.4 Å². The molecule has 1 aromatic heterocycles. The summed E-state index contributed by atoms with van der Waals surface area (Å²) in [6.07, 6.45) is 1.49. The molecule has 0 aliphatic carbocycles. The van der Waals surface area contributed by atoms with E-state index >= 15 is 0 Å². The SMILES string of the molecule is COCCNC(=O)[C@@H]1C[C@@H](O)CN1C1CCN(C(=O)c2ccc3ccccc3n2)CC1. The maximum absolute atomic E-state index is 13.0. The number of pyridine rings is 1. The van der Waals surface area contributed by atoms with Crippen molar-refractivity contribution in [2.45, 2.75) is 37.5 Å². The van der Waals surface area contributed by atoms with Crippen molar-refractivity contribution in [2.24, 2.45) is 0 Å². The number of hydrogen-bond donors (Lipinski definition) is 2. The van der Waals surface area contributed by atoms with Crippen molar-refractivity contribution in [3.8, 4) is 0 Å². The molecule has 0 spiro atoms. The summed E-state index contributed by atoms with van der Waals surface area (Å²) in [4.78, 5) is 34.1. The molecule has 2 aromatic rings. The fourth-order valence-electron chi connectivity index (χ4n) is 4.64. The molecule has 0 unspecified atom stereocenters. The number of carbonyl (C=O) groups excluding carboxylic acids is 2. The highest BCUT2D eigenvalue weighted by Crippen LogP contribution is 2.27. The number of ether oxygens (including phenoxy) is 1. The van der Waals surface area contributed by atoms with Gasteiger partial charge in [0.2, 0.25) is 5.91 Å². The molecule has 2 aliphatic heterocycles. The Bertz CT molecular complexity index is 929. The molecule has 2 N–H and O–H groups in total. The van der Waals surface area contributed by atoms with Crippen molar-refractivity contribution in [3.05, 3.63) is 42.1 Å². The van der Waals surface area contributed by atoms with E-state index in [0.29, 0.717) is 44.9 Å². The Morgan fingerprint density at radius 3 is 2.74 bits per heavy atom. The van der Waals surface area contributed by atoms with Gasteiger partial charge >= 0.3 is 0 Å². The molecule has 2 saturated heterocycles. The summed E-state index contributed by atoms with van der Waals surface area (Å²) in [5, 5.41) is 14.1. The number of likely N-dealkylation sites (tertiary alicyclic amines) is 2. The Morgan fingerprint density at radius 1 is 1.19 bits per heavy atom. The predicted molar refractivity (Wildman–Crippen MR) is 117 cm³/mol. The largest absolute Gasteiger partial charge is 0.392 e. The average molecular weight is 427 g/mol. The molecule has 0 bridgehead atoms. The standard InChI is InChI=1S/C23H30N4O4/c1-31-13-10-24-22(29)21-14-18(28)15-27(21)17-8-11-26(12-9-17)23(30)20-7-6-16-4-2-3-5-19(16)25-20/h2-7,17-18,21,28H,8-15H2,1H3,(H,24,29)/t18-,21+/m1/s1. The maximum atomic E-state index is 13.0. The van der Waals surface area contributed by atoms with Crippen LogP contribution in [0.25, 0.3) is 10.9 Å². The fraction of sp³-hybridized carbons (Fsp3) is 0.522. The predicted octanol–water partition coefficient (Wildman–Crippen LogP) is 1.04. The summed E-state index contributed by atoms with van der Waals surface area (Å²) in [5.41, 5.74) is 1.28. The second-order valence-electron chi connectivity index (χ2n) is 8.30. The van der Waals surface area contributed by atoms with Crippen molar-refractivity contribution in [2.75, 3.05) is 39.9 Å². The number of aliphatic hydroxyl groups is 1. The molecular formula is C23H30N4O4. The van der Waals surface area contributed by atoms with Crippen molar-refractivity contribution in [3.63, 3.8) is 0 Å². The summed E-state index contributed by atoms with van der Waals surface area (Å²) >= 11 is 0. The number of piperidine rings is 1. The molecule has 0 radical (unpaired) electrons. The lowest BCUT2D eigenvalue weighted by Crippen LogP contribution is -2.52. The number of fused-ring (bicyclic) bond motifs is 1. The van der Waals surface area contributed by atoms with Crippen LogP contribution >= 0.6 is 0 Å². The van der Waals surface area contributed by atoms with Gasteiger partial charge in [0, 0.05) is 44.7 Å². The normalized spacial score (nSPS) is 22.7. The number of hydrogen-bond acceptors (Lipinski definition) is 6. The number of benzene rings is 1. The Kier molecular flexibility index (Phi) is 6.80. The van der Waals surface area contributed by atoms with Gasteiger partial charge in [-0.1, -0.05) is 24.3 Å². The average Bonchev–Trinajstić information content (AvgIpc) is 3.20. The van der Waals surface area contributed by atoms with E-state index < -0.39 is 6.10 Å². The van der Waals surface area contributed by atoms with Gasteiger partial charge < -0.3 is 20.1 Å². The third kappa shape index (κ3) is 4.87. The molecule has 8 nitrogen and oxygen atoms in total. The van der Waals surface area contributed by atoms with E-state index in [9.17, 15) is 14.7 Å². The maximum Gasteiger partial charge on any atom is 0.272 e. The Morgan fingerprint density at radius 2 is 1.97 bits per heavy atom. The Hall–Kier alpha value is -2.55. The minimum atomic E-state index is -0.500. The van der Waals surface area contributed by atoms with Crippen LogP contribution in [0.2, 0.25) is 0 Å². The smallest absolute Gasteiger partial charge is 0.272 e. The highest BCUT2D eigenvalue weighted by atomic mass is 16.5. The Labute approximate surface area is 182 Å². The highest BCUT2D eigenvalue weighted by molar-refractivity contribution is 5.95. The van der Waals surface area contributed by atoms with Crippen LogP contribution in [-0.4, -0.2) is 89.8 Å². The monoisotopic (exact) mass is 426 g/mol. The van der Waals surface area contributed by atoms with Crippen LogP contribution in [0.4, 0.5) is 0 Å². The topological polar surface area (TPSA) is 95.0 Å². The van der Waals surface area contributed by atoms with E-state index in [2.05, 4.69) is 15.2 Å². The number of para-hydroxylation sites is 1. The van der Waals surface area contributed by atoms with Crippen LogP contribution < -0.4 is 5.32 Å². The first kappa shape index (κ1) is 21.7. The van der Waals surface area contributed by atoms with Gasteiger partial charge in [0.05, 0.1) is 24.3 Å². The minimum absolute atomic E-state index is 0.0560. The van der Waals surface area contributed by atoms with Crippen molar-refractivity contribution in [1.29, 1.82) is 0 Å². The summed E-state index contributed by atoms with van der Waals surface area (Å²) < 4.78 is 4.99. The fourth-order valence-corrected chi connectivity index (χ4v) is 4.64. The van der Waals surface area contributed by atoms with Crippen LogP contribution in [0.3, 0.4) is 0 Å². The van der Waals surface area contributed by atoms with Gasteiger partial charge in [-0.2, -0.15) is 0 Å². The third-order valence-corrected chi connectivity index (χ3v) is 6.26. The van der Waals surface area contributed by atoms with Crippen molar-refractivity contribution >= 4 is 22.7 Å². The molecule has 31 heavy (non-hydrogen) atoms. The van der Waals surface area contributed by atoms with E-state index in [-0.39, 0.29) is 23.9 Å². The van der Waals surface area contributed by atoms with Crippen LogP contribution in [0, 0.1) is 0 Å². The number of amides is 2. The van der Waals surface area contributed by atoms with Gasteiger partial charge in [-0.3, -0.25) is 14.5 Å². The molecule has 0 saturated carbocycles. The van der Waals surface area contributed by atoms with E-state index in [0.717, 1.165) is 23.7 Å². The molecule has 166 valence electrons. The van der Waals surface area contributed by atoms with Crippen LogP contribution in [0.5, 0.6) is 0 Å². The number of rotatable bonds is 6. The molecule has 2 atom stereocenters. The first-order valence-electron chi connectivity index (χ1n) is 10.9. The number of nitrogens with one attached hydrogen (secondary N) is 1. The number of methoxy groups -OCH3 is 1. The second kappa shape index (κ2) is 9.72. The molecule has 2 amide bonds. The van der Waals surface area contributed by atoms with E-state index in [1.165, 1.54) is 0 Å².